The smallest absolute Gasteiger partial charge is 0.369 e. The molecule has 1 saturated heterocycles. The third-order valence-corrected chi connectivity index (χ3v) is 6.33. The van der Waals surface area contributed by atoms with Crippen LogP contribution in [-0.4, -0.2) is 51.3 Å². The van der Waals surface area contributed by atoms with Crippen LogP contribution in [0, 0.1) is 0 Å². The molecule has 0 bridgehead atoms. The van der Waals surface area contributed by atoms with Crippen molar-refractivity contribution in [2.24, 2.45) is 5.14 Å². The molecule has 2 N–H and O–H groups in total. The SMILES string of the molecule is CCC(CCCN1CCN(c2cccc(C(F)(F)F)c2)CC1)S(N)(=O)=O. The molecule has 0 saturated carbocycles. The van der Waals surface area contributed by atoms with E-state index in [1.54, 1.807) is 6.07 Å². The van der Waals surface area contributed by atoms with E-state index >= 15 is 0 Å². The van der Waals surface area contributed by atoms with Crippen LogP contribution in [0.3, 0.4) is 0 Å². The molecule has 1 aliphatic rings. The highest BCUT2D eigenvalue weighted by atomic mass is 32.2. The Morgan fingerprint density at radius 1 is 1.19 bits per heavy atom. The Bertz CT molecular complexity index is 687. The van der Waals surface area contributed by atoms with Crippen molar-refractivity contribution in [1.29, 1.82) is 0 Å². The van der Waals surface area contributed by atoms with E-state index in [-0.39, 0.29) is 0 Å². The van der Waals surface area contributed by atoms with Crippen molar-refractivity contribution in [3.05, 3.63) is 29.8 Å². The lowest BCUT2D eigenvalue weighted by molar-refractivity contribution is -0.137. The zero-order chi connectivity index (χ0) is 19.4. The van der Waals surface area contributed by atoms with E-state index in [4.69, 9.17) is 5.14 Å². The number of nitrogens with two attached hydrogens (primary N) is 1. The number of benzene rings is 1. The monoisotopic (exact) mass is 393 g/mol. The number of rotatable bonds is 7. The molecule has 1 atom stereocenters. The van der Waals surface area contributed by atoms with Gasteiger partial charge in [-0.1, -0.05) is 13.0 Å². The summed E-state index contributed by atoms with van der Waals surface area (Å²) >= 11 is 0. The molecule has 1 unspecified atom stereocenters. The molecule has 5 nitrogen and oxygen atoms in total. The van der Waals surface area contributed by atoms with Gasteiger partial charge in [-0.2, -0.15) is 13.2 Å². The maximum atomic E-state index is 12.8. The summed E-state index contributed by atoms with van der Waals surface area (Å²) in [5.74, 6) is 0. The van der Waals surface area contributed by atoms with E-state index in [0.717, 1.165) is 32.1 Å². The third-order valence-electron chi connectivity index (χ3n) is 4.83. The van der Waals surface area contributed by atoms with Crippen LogP contribution in [0.4, 0.5) is 18.9 Å². The number of nitrogens with zero attached hydrogens (tertiary/aromatic N) is 2. The van der Waals surface area contributed by atoms with Crippen LogP contribution in [0.15, 0.2) is 24.3 Å². The minimum atomic E-state index is -4.34. The molecule has 0 radical (unpaired) electrons. The van der Waals surface area contributed by atoms with Crippen molar-refractivity contribution in [2.45, 2.75) is 37.6 Å². The molecule has 1 aromatic carbocycles. The number of piperazine rings is 1. The fraction of sp³-hybridized carbons (Fsp3) is 0.647. The van der Waals surface area contributed by atoms with Gasteiger partial charge >= 0.3 is 6.18 Å². The predicted molar refractivity (Wildman–Crippen MR) is 96.5 cm³/mol. The molecule has 1 heterocycles. The van der Waals surface area contributed by atoms with Gasteiger partial charge in [0.1, 0.15) is 0 Å². The molecule has 148 valence electrons. The summed E-state index contributed by atoms with van der Waals surface area (Å²) in [7, 11) is -3.50. The van der Waals surface area contributed by atoms with Crippen molar-refractivity contribution in [2.75, 3.05) is 37.6 Å². The first-order valence-electron chi connectivity index (χ1n) is 8.77. The Morgan fingerprint density at radius 2 is 1.85 bits per heavy atom. The zero-order valence-corrected chi connectivity index (χ0v) is 15.7. The molecule has 0 amide bonds. The fourth-order valence-electron chi connectivity index (χ4n) is 3.25. The summed E-state index contributed by atoms with van der Waals surface area (Å²) in [6.07, 6.45) is -2.57. The maximum absolute atomic E-state index is 12.8. The van der Waals surface area contributed by atoms with Gasteiger partial charge in [-0.15, -0.1) is 0 Å². The van der Waals surface area contributed by atoms with Gasteiger partial charge in [-0.05, 0) is 44.0 Å². The van der Waals surface area contributed by atoms with Crippen molar-refractivity contribution in [3.8, 4) is 0 Å². The van der Waals surface area contributed by atoms with Crippen LogP contribution in [0.5, 0.6) is 0 Å². The number of hydrogen-bond donors (Lipinski definition) is 1. The molecule has 9 heteroatoms. The van der Waals surface area contributed by atoms with E-state index in [2.05, 4.69) is 4.90 Å². The van der Waals surface area contributed by atoms with Gasteiger partial charge in [-0.3, -0.25) is 4.90 Å². The Labute approximate surface area is 153 Å². The number of primary sulfonamides is 1. The van der Waals surface area contributed by atoms with E-state index in [1.165, 1.54) is 12.1 Å². The summed E-state index contributed by atoms with van der Waals surface area (Å²) in [6.45, 7) is 5.34. The van der Waals surface area contributed by atoms with Gasteiger partial charge in [0, 0.05) is 31.9 Å². The van der Waals surface area contributed by atoms with Crippen LogP contribution in [-0.2, 0) is 16.2 Å². The van der Waals surface area contributed by atoms with E-state index in [0.29, 0.717) is 31.6 Å². The second-order valence-electron chi connectivity index (χ2n) is 6.64. The number of hydrogen-bond acceptors (Lipinski definition) is 4. The molecule has 0 aliphatic carbocycles. The van der Waals surface area contributed by atoms with Gasteiger partial charge in [0.05, 0.1) is 10.8 Å². The molecular formula is C17H26F3N3O2S. The van der Waals surface area contributed by atoms with Gasteiger partial charge < -0.3 is 4.90 Å². The number of halogens is 3. The summed E-state index contributed by atoms with van der Waals surface area (Å²) in [4.78, 5) is 4.16. The summed E-state index contributed by atoms with van der Waals surface area (Å²) in [5.41, 5.74) is -0.0502. The van der Waals surface area contributed by atoms with Crippen LogP contribution in [0.1, 0.15) is 31.7 Å². The Morgan fingerprint density at radius 3 is 2.38 bits per heavy atom. The molecule has 26 heavy (non-hydrogen) atoms. The molecule has 2 rings (SSSR count). The van der Waals surface area contributed by atoms with E-state index < -0.39 is 27.0 Å². The minimum Gasteiger partial charge on any atom is -0.369 e. The number of anilines is 1. The van der Waals surface area contributed by atoms with Crippen molar-refractivity contribution in [1.82, 2.24) is 4.90 Å². The first kappa shape index (κ1) is 21.0. The third kappa shape index (κ3) is 5.85. The lowest BCUT2D eigenvalue weighted by Gasteiger charge is -2.36. The lowest BCUT2D eigenvalue weighted by atomic mass is 10.1. The zero-order valence-electron chi connectivity index (χ0n) is 14.9. The average Bonchev–Trinajstić information content (AvgIpc) is 2.57. The first-order chi connectivity index (χ1) is 12.1. The topological polar surface area (TPSA) is 66.6 Å². The Kier molecular flexibility index (Phi) is 6.92. The average molecular weight is 393 g/mol. The molecule has 1 aromatic rings. The van der Waals surface area contributed by atoms with Gasteiger partial charge in [0.25, 0.3) is 0 Å². The van der Waals surface area contributed by atoms with Crippen LogP contribution >= 0.6 is 0 Å². The second-order valence-corrected chi connectivity index (χ2v) is 8.48. The van der Waals surface area contributed by atoms with Crippen LogP contribution in [0.2, 0.25) is 0 Å². The highest BCUT2D eigenvalue weighted by Crippen LogP contribution is 2.31. The summed E-state index contributed by atoms with van der Waals surface area (Å²) in [6, 6.07) is 5.40. The quantitative estimate of drug-likeness (QED) is 0.774. The largest absolute Gasteiger partial charge is 0.416 e. The van der Waals surface area contributed by atoms with Gasteiger partial charge in [-0.25, -0.2) is 13.6 Å². The second kappa shape index (κ2) is 8.58. The van der Waals surface area contributed by atoms with Gasteiger partial charge in [0.2, 0.25) is 10.0 Å². The Balaban J connectivity index is 1.82. The molecule has 1 fully saturated rings. The van der Waals surface area contributed by atoms with Crippen LogP contribution in [0.25, 0.3) is 0 Å². The normalized spacial score (nSPS) is 18.1. The fourth-order valence-corrected chi connectivity index (χ4v) is 4.21. The van der Waals surface area contributed by atoms with Crippen molar-refractivity contribution >= 4 is 15.7 Å². The molecule has 1 aliphatic heterocycles. The van der Waals surface area contributed by atoms with Crippen molar-refractivity contribution in [3.63, 3.8) is 0 Å². The van der Waals surface area contributed by atoms with Crippen molar-refractivity contribution < 1.29 is 21.6 Å². The molecule has 0 spiro atoms. The lowest BCUT2D eigenvalue weighted by Crippen LogP contribution is -2.46. The summed E-state index contributed by atoms with van der Waals surface area (Å²) < 4.78 is 61.3. The predicted octanol–water partition coefficient (Wildman–Crippen LogP) is 2.67. The molecular weight excluding hydrogens is 367 g/mol. The summed E-state index contributed by atoms with van der Waals surface area (Å²) in [5, 5.41) is 4.70. The Hall–Kier alpha value is -1.32. The van der Waals surface area contributed by atoms with Gasteiger partial charge in [0.15, 0.2) is 0 Å². The highest BCUT2D eigenvalue weighted by molar-refractivity contribution is 7.89. The first-order valence-corrected chi connectivity index (χ1v) is 10.4. The van der Waals surface area contributed by atoms with E-state index in [9.17, 15) is 21.6 Å². The highest BCUT2D eigenvalue weighted by Gasteiger charge is 2.31. The van der Waals surface area contributed by atoms with Crippen LogP contribution < -0.4 is 10.0 Å². The number of sulfonamides is 1. The molecule has 0 aromatic heterocycles. The van der Waals surface area contributed by atoms with E-state index in [1.807, 2.05) is 11.8 Å². The number of alkyl halides is 3. The standard InChI is InChI=1S/C17H26F3N3O2S/c1-2-16(26(21,24)25)7-4-8-22-9-11-23(12-10-22)15-6-3-5-14(13-15)17(18,19)20/h3,5-6,13,16H,2,4,7-12H2,1H3,(H2,21,24,25). The maximum Gasteiger partial charge on any atom is 0.416 e. The minimum absolute atomic E-state index is 0.502.